The van der Waals surface area contributed by atoms with Crippen LogP contribution >= 0.6 is 11.3 Å². The van der Waals surface area contributed by atoms with Gasteiger partial charge in [0, 0.05) is 17.2 Å². The van der Waals surface area contributed by atoms with Crippen molar-refractivity contribution in [2.45, 2.75) is 0 Å². The summed E-state index contributed by atoms with van der Waals surface area (Å²) < 4.78 is 18.2. The Bertz CT molecular complexity index is 1450. The van der Waals surface area contributed by atoms with Crippen LogP contribution in [0.15, 0.2) is 76.1 Å². The average molecular weight is 430 g/mol. The third kappa shape index (κ3) is 3.39. The van der Waals surface area contributed by atoms with Crippen molar-refractivity contribution in [2.24, 2.45) is 0 Å². The zero-order valence-electron chi connectivity index (χ0n) is 16.9. The second kappa shape index (κ2) is 7.77. The van der Waals surface area contributed by atoms with Gasteiger partial charge in [0.05, 0.1) is 31.9 Å². The molecule has 0 N–H and O–H groups in total. The van der Waals surface area contributed by atoms with Gasteiger partial charge in [-0.2, -0.15) is 0 Å². The molecular weight excluding hydrogens is 412 g/mol. The molecule has 0 saturated carbocycles. The minimum atomic E-state index is -0.130. The molecule has 3 aromatic heterocycles. The highest BCUT2D eigenvalue weighted by atomic mass is 32.1. The van der Waals surface area contributed by atoms with Gasteiger partial charge in [-0.05, 0) is 60.7 Å². The fourth-order valence-corrected chi connectivity index (χ4v) is 4.42. The third-order valence-corrected chi connectivity index (χ3v) is 5.97. The number of nitrogens with zero attached hydrogens (tertiary/aromatic N) is 2. The van der Waals surface area contributed by atoms with Crippen molar-refractivity contribution in [1.82, 2.24) is 9.38 Å². The molecule has 154 valence electrons. The summed E-state index contributed by atoms with van der Waals surface area (Å²) in [6, 6.07) is 18.9. The summed E-state index contributed by atoms with van der Waals surface area (Å²) in [5.41, 5.74) is 3.12. The number of hydrogen-bond acceptors (Lipinski definition) is 6. The van der Waals surface area contributed by atoms with Crippen LogP contribution in [0, 0.1) is 0 Å². The molecule has 0 aliphatic carbocycles. The quantitative estimate of drug-likeness (QED) is 0.417. The van der Waals surface area contributed by atoms with Gasteiger partial charge in [-0.1, -0.05) is 11.3 Å². The summed E-state index contributed by atoms with van der Waals surface area (Å²) in [5.74, 6) is 2.13. The van der Waals surface area contributed by atoms with Crippen molar-refractivity contribution in [2.75, 3.05) is 14.2 Å². The van der Waals surface area contributed by atoms with E-state index < -0.39 is 0 Å². The van der Waals surface area contributed by atoms with Crippen LogP contribution in [0.3, 0.4) is 0 Å². The van der Waals surface area contributed by atoms with E-state index in [-0.39, 0.29) is 5.56 Å². The Morgan fingerprint density at radius 3 is 2.16 bits per heavy atom. The first-order valence-corrected chi connectivity index (χ1v) is 10.4. The van der Waals surface area contributed by atoms with Crippen molar-refractivity contribution in [1.29, 1.82) is 0 Å². The van der Waals surface area contributed by atoms with E-state index in [4.69, 9.17) is 18.9 Å². The second-order valence-corrected chi connectivity index (χ2v) is 7.82. The van der Waals surface area contributed by atoms with E-state index in [0.29, 0.717) is 15.3 Å². The maximum atomic E-state index is 13.3. The van der Waals surface area contributed by atoms with Crippen molar-refractivity contribution in [3.63, 3.8) is 0 Å². The molecule has 0 atom stereocenters. The number of thiazole rings is 1. The number of ether oxygens (including phenoxy) is 2. The first kappa shape index (κ1) is 19.1. The fourth-order valence-electron chi connectivity index (χ4n) is 3.47. The lowest BCUT2D eigenvalue weighted by Crippen LogP contribution is -2.23. The Morgan fingerprint density at radius 2 is 1.58 bits per heavy atom. The van der Waals surface area contributed by atoms with E-state index in [0.717, 1.165) is 34.0 Å². The minimum Gasteiger partial charge on any atom is -0.497 e. The minimum absolute atomic E-state index is 0.130. The molecule has 2 aromatic carbocycles. The third-order valence-electron chi connectivity index (χ3n) is 5.01. The summed E-state index contributed by atoms with van der Waals surface area (Å²) in [5, 5.41) is 0. The molecular formula is C24H18N2O4S. The van der Waals surface area contributed by atoms with E-state index >= 15 is 0 Å². The molecule has 0 amide bonds. The van der Waals surface area contributed by atoms with E-state index in [2.05, 4.69) is 0 Å². The Labute approximate surface area is 181 Å². The predicted molar refractivity (Wildman–Crippen MR) is 121 cm³/mol. The molecule has 0 aliphatic heterocycles. The van der Waals surface area contributed by atoms with Crippen LogP contribution in [-0.4, -0.2) is 23.6 Å². The predicted octanol–water partition coefficient (Wildman–Crippen LogP) is 4.25. The van der Waals surface area contributed by atoms with Gasteiger partial charge in [0.2, 0.25) is 0 Å². The van der Waals surface area contributed by atoms with Crippen molar-refractivity contribution in [3.8, 4) is 34.0 Å². The van der Waals surface area contributed by atoms with Crippen LogP contribution in [-0.2, 0) is 0 Å². The van der Waals surface area contributed by atoms with Crippen LogP contribution in [0.25, 0.3) is 33.6 Å². The largest absolute Gasteiger partial charge is 0.497 e. The number of furan rings is 1. The molecule has 5 aromatic rings. The lowest BCUT2D eigenvalue weighted by Gasteiger charge is -2.07. The molecule has 0 radical (unpaired) electrons. The fraction of sp³-hybridized carbons (Fsp3) is 0.0833. The number of imidazole rings is 1. The van der Waals surface area contributed by atoms with Gasteiger partial charge in [0.15, 0.2) is 4.96 Å². The SMILES string of the molecule is COc1ccc(-c2nc3s/c(=C\c4ccco4)c(=O)n3c2-c2ccc(OC)cc2)cc1. The van der Waals surface area contributed by atoms with Crippen LogP contribution in [0.2, 0.25) is 0 Å². The van der Waals surface area contributed by atoms with Crippen LogP contribution < -0.4 is 19.6 Å². The van der Waals surface area contributed by atoms with Gasteiger partial charge in [0.1, 0.15) is 21.8 Å². The van der Waals surface area contributed by atoms with Crippen molar-refractivity contribution >= 4 is 22.4 Å². The summed E-state index contributed by atoms with van der Waals surface area (Å²) in [6.07, 6.45) is 3.33. The zero-order chi connectivity index (χ0) is 21.4. The highest BCUT2D eigenvalue weighted by molar-refractivity contribution is 7.15. The summed E-state index contributed by atoms with van der Waals surface area (Å²) in [7, 11) is 3.26. The van der Waals surface area contributed by atoms with Crippen LogP contribution in [0.4, 0.5) is 0 Å². The normalized spacial score (nSPS) is 11.9. The molecule has 0 fully saturated rings. The van der Waals surface area contributed by atoms with Gasteiger partial charge in [-0.3, -0.25) is 4.79 Å². The molecule has 7 heteroatoms. The molecule has 5 rings (SSSR count). The van der Waals surface area contributed by atoms with Gasteiger partial charge in [-0.15, -0.1) is 0 Å². The number of fused-ring (bicyclic) bond motifs is 1. The monoisotopic (exact) mass is 430 g/mol. The maximum Gasteiger partial charge on any atom is 0.275 e. The second-order valence-electron chi connectivity index (χ2n) is 6.82. The molecule has 0 saturated heterocycles. The molecule has 0 unspecified atom stereocenters. The van der Waals surface area contributed by atoms with E-state index in [1.165, 1.54) is 11.3 Å². The summed E-state index contributed by atoms with van der Waals surface area (Å²) in [4.78, 5) is 18.8. The number of aromatic nitrogens is 2. The molecule has 0 spiro atoms. The number of rotatable bonds is 5. The van der Waals surface area contributed by atoms with Gasteiger partial charge in [0.25, 0.3) is 5.56 Å². The van der Waals surface area contributed by atoms with Crippen LogP contribution in [0.5, 0.6) is 11.5 Å². The molecule has 6 nitrogen and oxygen atoms in total. The summed E-state index contributed by atoms with van der Waals surface area (Å²) >= 11 is 1.34. The molecule has 0 aliphatic rings. The first-order valence-electron chi connectivity index (χ1n) is 9.57. The lowest BCUT2D eigenvalue weighted by atomic mass is 10.0. The average Bonchev–Trinajstić information content (AvgIpc) is 3.52. The topological polar surface area (TPSA) is 66.0 Å². The Kier molecular flexibility index (Phi) is 4.80. The van der Waals surface area contributed by atoms with Crippen LogP contribution in [0.1, 0.15) is 5.76 Å². The molecule has 31 heavy (non-hydrogen) atoms. The van der Waals surface area contributed by atoms with Gasteiger partial charge < -0.3 is 13.9 Å². The molecule has 0 bridgehead atoms. The Balaban J connectivity index is 1.77. The van der Waals surface area contributed by atoms with Gasteiger partial charge >= 0.3 is 0 Å². The zero-order valence-corrected chi connectivity index (χ0v) is 17.7. The summed E-state index contributed by atoms with van der Waals surface area (Å²) in [6.45, 7) is 0. The van der Waals surface area contributed by atoms with Crippen molar-refractivity contribution < 1.29 is 13.9 Å². The lowest BCUT2D eigenvalue weighted by molar-refractivity contribution is 0.414. The highest BCUT2D eigenvalue weighted by Crippen LogP contribution is 2.34. The van der Waals surface area contributed by atoms with E-state index in [9.17, 15) is 4.79 Å². The number of methoxy groups -OCH3 is 2. The Morgan fingerprint density at radius 1 is 0.935 bits per heavy atom. The smallest absolute Gasteiger partial charge is 0.275 e. The first-order chi connectivity index (χ1) is 15.2. The molecule has 3 heterocycles. The number of hydrogen-bond donors (Lipinski definition) is 0. The van der Waals surface area contributed by atoms with Gasteiger partial charge in [-0.25, -0.2) is 9.38 Å². The van der Waals surface area contributed by atoms with E-state index in [1.807, 2.05) is 54.6 Å². The maximum absolute atomic E-state index is 13.3. The van der Waals surface area contributed by atoms with Crippen molar-refractivity contribution in [3.05, 3.63) is 87.6 Å². The standard InChI is InChI=1S/C24H18N2O4S/c1-28-17-9-5-15(6-10-17)21-22(16-7-11-18(29-2)12-8-16)26-23(27)20(31-24(26)25-21)14-19-4-3-13-30-19/h3-14H,1-2H3/b20-14-. The van der Waals surface area contributed by atoms with E-state index in [1.54, 1.807) is 37.0 Å². The number of benzene rings is 2. The Hall–Kier alpha value is -3.84. The highest BCUT2D eigenvalue weighted by Gasteiger charge is 2.20.